The maximum absolute atomic E-state index is 4.12. The first kappa shape index (κ1) is 6.68. The third-order valence-corrected chi connectivity index (χ3v) is 2.04. The Labute approximate surface area is 70.0 Å². The molecule has 0 aliphatic carbocycles. The van der Waals surface area contributed by atoms with Gasteiger partial charge in [0.1, 0.15) is 0 Å². The highest BCUT2D eigenvalue weighted by Gasteiger charge is 1.96. The van der Waals surface area contributed by atoms with Crippen LogP contribution in [0.25, 0.3) is 6.08 Å². The Morgan fingerprint density at radius 3 is 2.82 bits per heavy atom. The minimum Gasteiger partial charge on any atom is -0.219 e. The predicted molar refractivity (Wildman–Crippen MR) is 50.7 cm³/mol. The zero-order valence-corrected chi connectivity index (χ0v) is 6.71. The van der Waals surface area contributed by atoms with Crippen LogP contribution >= 0.6 is 11.9 Å². The molecule has 54 valence electrons. The molecular weight excluding hydrogens is 154 g/mol. The van der Waals surface area contributed by atoms with Crippen LogP contribution in [0.2, 0.25) is 0 Å². The van der Waals surface area contributed by atoms with Gasteiger partial charge in [0.25, 0.3) is 0 Å². The molecule has 0 radical (unpaired) electrons. The van der Waals surface area contributed by atoms with E-state index in [4.69, 9.17) is 0 Å². The zero-order valence-electron chi connectivity index (χ0n) is 5.90. The standard InChI is InChI=1S/C9H7NS/c1-2-4-9-7-10-11-6-5-8(9)3-1/h1-7H. The Hall–Kier alpha value is -1.02. The maximum Gasteiger partial charge on any atom is 0.0433 e. The van der Waals surface area contributed by atoms with Crippen molar-refractivity contribution >= 4 is 24.2 Å². The number of hydrogen-bond donors (Lipinski definition) is 0. The van der Waals surface area contributed by atoms with E-state index in [2.05, 4.69) is 22.6 Å². The minimum atomic E-state index is 1.19. The molecule has 0 saturated carbocycles. The fraction of sp³-hybridized carbons (Fsp3) is 0. The molecule has 2 rings (SSSR count). The second-order valence-electron chi connectivity index (χ2n) is 2.27. The van der Waals surface area contributed by atoms with E-state index in [-0.39, 0.29) is 0 Å². The summed E-state index contributed by atoms with van der Waals surface area (Å²) < 4.78 is 4.12. The van der Waals surface area contributed by atoms with E-state index in [1.54, 1.807) is 0 Å². The molecule has 0 bridgehead atoms. The van der Waals surface area contributed by atoms with Crippen molar-refractivity contribution in [3.8, 4) is 0 Å². The molecule has 1 aromatic carbocycles. The minimum absolute atomic E-state index is 1.19. The Balaban J connectivity index is 2.58. The largest absolute Gasteiger partial charge is 0.219 e. The Kier molecular flexibility index (Phi) is 1.78. The van der Waals surface area contributed by atoms with Crippen LogP contribution in [0.15, 0.2) is 34.1 Å². The van der Waals surface area contributed by atoms with Crippen LogP contribution in [0.4, 0.5) is 0 Å². The van der Waals surface area contributed by atoms with Gasteiger partial charge in [-0.15, -0.1) is 0 Å². The topological polar surface area (TPSA) is 12.4 Å². The van der Waals surface area contributed by atoms with Crippen molar-refractivity contribution in [3.05, 3.63) is 40.8 Å². The van der Waals surface area contributed by atoms with Gasteiger partial charge in [0.05, 0.1) is 0 Å². The molecule has 0 amide bonds. The molecule has 11 heavy (non-hydrogen) atoms. The molecule has 0 spiro atoms. The van der Waals surface area contributed by atoms with Gasteiger partial charge in [0.15, 0.2) is 0 Å². The molecule has 0 unspecified atom stereocenters. The molecule has 1 aliphatic heterocycles. The van der Waals surface area contributed by atoms with Crippen molar-refractivity contribution < 1.29 is 0 Å². The van der Waals surface area contributed by atoms with Gasteiger partial charge in [0.2, 0.25) is 0 Å². The molecule has 2 heteroatoms. The first-order chi connectivity index (χ1) is 5.47. The first-order valence-corrected chi connectivity index (χ1v) is 4.25. The van der Waals surface area contributed by atoms with E-state index in [0.29, 0.717) is 0 Å². The van der Waals surface area contributed by atoms with Crippen molar-refractivity contribution in [2.45, 2.75) is 0 Å². The number of hydrogen-bond acceptors (Lipinski definition) is 2. The number of fused-ring (bicyclic) bond motifs is 1. The van der Waals surface area contributed by atoms with Crippen molar-refractivity contribution in [1.82, 2.24) is 0 Å². The molecule has 1 aliphatic rings. The van der Waals surface area contributed by atoms with Gasteiger partial charge in [-0.3, -0.25) is 0 Å². The van der Waals surface area contributed by atoms with Crippen LogP contribution in [0.3, 0.4) is 0 Å². The van der Waals surface area contributed by atoms with Gasteiger partial charge in [-0.25, -0.2) is 4.40 Å². The van der Waals surface area contributed by atoms with E-state index in [0.717, 1.165) is 0 Å². The summed E-state index contributed by atoms with van der Waals surface area (Å²) in [5.74, 6) is 0. The van der Waals surface area contributed by atoms with Crippen LogP contribution < -0.4 is 0 Å². The lowest BCUT2D eigenvalue weighted by Crippen LogP contribution is -1.82. The zero-order chi connectivity index (χ0) is 7.52. The van der Waals surface area contributed by atoms with Gasteiger partial charge >= 0.3 is 0 Å². The second kappa shape index (κ2) is 2.93. The summed E-state index contributed by atoms with van der Waals surface area (Å²) >= 11 is 1.46. The van der Waals surface area contributed by atoms with Gasteiger partial charge in [-0.2, -0.15) is 0 Å². The van der Waals surface area contributed by atoms with Crippen LogP contribution in [0.1, 0.15) is 11.1 Å². The van der Waals surface area contributed by atoms with Crippen LogP contribution in [0, 0.1) is 0 Å². The predicted octanol–water partition coefficient (Wildman–Crippen LogP) is 2.74. The maximum atomic E-state index is 4.12. The molecule has 1 heterocycles. The molecule has 0 aromatic heterocycles. The van der Waals surface area contributed by atoms with Gasteiger partial charge in [0, 0.05) is 23.7 Å². The monoisotopic (exact) mass is 161 g/mol. The summed E-state index contributed by atoms with van der Waals surface area (Å²) in [5.41, 5.74) is 2.43. The lowest BCUT2D eigenvalue weighted by atomic mass is 10.1. The summed E-state index contributed by atoms with van der Waals surface area (Å²) in [6.07, 6.45) is 3.97. The average molecular weight is 161 g/mol. The number of nitrogens with zero attached hydrogens (tertiary/aromatic N) is 1. The van der Waals surface area contributed by atoms with Gasteiger partial charge < -0.3 is 0 Å². The van der Waals surface area contributed by atoms with Gasteiger partial charge in [-0.1, -0.05) is 24.3 Å². The SMILES string of the molecule is C1=Cc2ccccc2C=NS1. The molecule has 0 N–H and O–H groups in total. The number of rotatable bonds is 0. The molecule has 0 saturated heterocycles. The van der Waals surface area contributed by atoms with E-state index >= 15 is 0 Å². The molecule has 1 nitrogen and oxygen atoms in total. The van der Waals surface area contributed by atoms with Crippen molar-refractivity contribution in [2.24, 2.45) is 4.40 Å². The van der Waals surface area contributed by atoms with E-state index < -0.39 is 0 Å². The fourth-order valence-electron chi connectivity index (χ4n) is 1.01. The number of benzene rings is 1. The van der Waals surface area contributed by atoms with Gasteiger partial charge in [-0.05, 0) is 17.0 Å². The fourth-order valence-corrected chi connectivity index (χ4v) is 1.46. The summed E-state index contributed by atoms with van der Waals surface area (Å²) in [7, 11) is 0. The summed E-state index contributed by atoms with van der Waals surface area (Å²) in [6.45, 7) is 0. The Morgan fingerprint density at radius 1 is 1.09 bits per heavy atom. The van der Waals surface area contributed by atoms with E-state index in [1.165, 1.54) is 23.1 Å². The normalized spacial score (nSPS) is 14.2. The third-order valence-electron chi connectivity index (χ3n) is 1.56. The molecule has 1 aromatic rings. The smallest absolute Gasteiger partial charge is 0.0433 e. The molecule has 0 fully saturated rings. The molecular formula is C9H7NS. The lowest BCUT2D eigenvalue weighted by Gasteiger charge is -1.95. The second-order valence-corrected chi connectivity index (χ2v) is 2.97. The highest BCUT2D eigenvalue weighted by molar-refractivity contribution is 8.01. The first-order valence-electron chi connectivity index (χ1n) is 3.41. The van der Waals surface area contributed by atoms with Crippen molar-refractivity contribution in [1.29, 1.82) is 0 Å². The lowest BCUT2D eigenvalue weighted by molar-refractivity contribution is 1.63. The van der Waals surface area contributed by atoms with Crippen molar-refractivity contribution in [3.63, 3.8) is 0 Å². The van der Waals surface area contributed by atoms with Crippen LogP contribution in [-0.4, -0.2) is 6.21 Å². The summed E-state index contributed by atoms with van der Waals surface area (Å²) in [4.78, 5) is 0. The van der Waals surface area contributed by atoms with E-state index in [1.807, 2.05) is 23.8 Å². The summed E-state index contributed by atoms with van der Waals surface area (Å²) in [5, 5.41) is 1.99. The van der Waals surface area contributed by atoms with Crippen molar-refractivity contribution in [2.75, 3.05) is 0 Å². The highest BCUT2D eigenvalue weighted by atomic mass is 32.2. The quantitative estimate of drug-likeness (QED) is 0.533. The molecule has 0 atom stereocenters. The summed E-state index contributed by atoms with van der Waals surface area (Å²) in [6, 6.07) is 8.21. The highest BCUT2D eigenvalue weighted by Crippen LogP contribution is 2.16. The van der Waals surface area contributed by atoms with Crippen LogP contribution in [0.5, 0.6) is 0 Å². The average Bonchev–Trinajstić information content (AvgIpc) is 2.28. The Bertz CT molecular complexity index is 284. The third kappa shape index (κ3) is 1.35. The van der Waals surface area contributed by atoms with E-state index in [9.17, 15) is 0 Å². The van der Waals surface area contributed by atoms with Crippen LogP contribution in [-0.2, 0) is 0 Å². The Morgan fingerprint density at radius 2 is 1.91 bits per heavy atom.